The number of carbonyl (C=O) groups excluding carboxylic acids is 2. The predicted molar refractivity (Wildman–Crippen MR) is 129 cm³/mol. The zero-order valence-corrected chi connectivity index (χ0v) is 19.5. The Hall–Kier alpha value is -3.42. The summed E-state index contributed by atoms with van der Waals surface area (Å²) in [6.07, 6.45) is 1.75. The van der Waals surface area contributed by atoms with Crippen LogP contribution in [0.5, 0.6) is 0 Å². The molecular weight excluding hydrogens is 458 g/mol. The molecule has 2 amide bonds. The maximum absolute atomic E-state index is 13.2. The van der Waals surface area contributed by atoms with E-state index in [0.717, 1.165) is 16.1 Å². The molecule has 0 aliphatic heterocycles. The molecule has 4 rings (SSSR count). The first kappa shape index (κ1) is 22.8. The van der Waals surface area contributed by atoms with Gasteiger partial charge >= 0.3 is 0 Å². The molecule has 6 nitrogen and oxygen atoms in total. The minimum Gasteiger partial charge on any atom is -0.467 e. The van der Waals surface area contributed by atoms with Crippen LogP contribution in [-0.2, 0) is 24.3 Å². The number of furan rings is 1. The molecule has 1 N–H and O–H groups in total. The van der Waals surface area contributed by atoms with Crippen LogP contribution in [-0.4, -0.2) is 28.7 Å². The van der Waals surface area contributed by atoms with Crippen molar-refractivity contribution in [1.29, 1.82) is 0 Å². The van der Waals surface area contributed by atoms with Gasteiger partial charge in [0.2, 0.25) is 5.91 Å². The number of nitrogens with zero attached hydrogens (tertiary/aromatic N) is 2. The highest BCUT2D eigenvalue weighted by atomic mass is 35.5. The standard InChI is InChI=1S/C25H22ClN3O3S/c1-27-24(31)18-10-8-17(9-11-18)14-29(15-20-5-4-12-32-20)23(30)13-19-16-33-25(28-19)21-6-2-3-7-22(21)26/h2-12,16H,13-15H2,1H3,(H,27,31). The third-order valence-electron chi connectivity index (χ3n) is 5.08. The summed E-state index contributed by atoms with van der Waals surface area (Å²) in [4.78, 5) is 31.4. The average molecular weight is 480 g/mol. The summed E-state index contributed by atoms with van der Waals surface area (Å²) >= 11 is 7.75. The first-order valence-corrected chi connectivity index (χ1v) is 11.6. The Kier molecular flexibility index (Phi) is 7.22. The molecule has 33 heavy (non-hydrogen) atoms. The molecule has 0 unspecified atom stereocenters. The number of halogens is 1. The second-order valence-corrected chi connectivity index (χ2v) is 8.67. The number of thiazole rings is 1. The second kappa shape index (κ2) is 10.5. The van der Waals surface area contributed by atoms with Gasteiger partial charge in [0.25, 0.3) is 5.91 Å². The summed E-state index contributed by atoms with van der Waals surface area (Å²) in [6.45, 7) is 0.722. The van der Waals surface area contributed by atoms with Gasteiger partial charge in [0, 0.05) is 30.1 Å². The van der Waals surface area contributed by atoms with Crippen LogP contribution in [0.4, 0.5) is 0 Å². The molecule has 2 aromatic carbocycles. The molecule has 168 valence electrons. The number of nitrogens with one attached hydrogen (secondary N) is 1. The van der Waals surface area contributed by atoms with Gasteiger partial charge in [0.1, 0.15) is 10.8 Å². The van der Waals surface area contributed by atoms with Gasteiger partial charge < -0.3 is 14.6 Å². The molecule has 0 aliphatic rings. The van der Waals surface area contributed by atoms with Crippen molar-refractivity contribution in [2.75, 3.05) is 7.05 Å². The number of benzene rings is 2. The van der Waals surface area contributed by atoms with Crippen molar-refractivity contribution in [3.05, 3.63) is 99.9 Å². The van der Waals surface area contributed by atoms with Gasteiger partial charge in [0.15, 0.2) is 0 Å². The van der Waals surface area contributed by atoms with Gasteiger partial charge in [-0.25, -0.2) is 4.98 Å². The van der Waals surface area contributed by atoms with Crippen molar-refractivity contribution in [1.82, 2.24) is 15.2 Å². The maximum Gasteiger partial charge on any atom is 0.251 e. The zero-order chi connectivity index (χ0) is 23.2. The van der Waals surface area contributed by atoms with Crippen molar-refractivity contribution in [2.24, 2.45) is 0 Å². The van der Waals surface area contributed by atoms with E-state index >= 15 is 0 Å². The number of hydrogen-bond acceptors (Lipinski definition) is 5. The summed E-state index contributed by atoms with van der Waals surface area (Å²) in [5.41, 5.74) is 3.03. The molecule has 2 aromatic heterocycles. The molecule has 0 radical (unpaired) electrons. The molecule has 0 saturated carbocycles. The number of rotatable bonds is 8. The van der Waals surface area contributed by atoms with Crippen molar-refractivity contribution < 1.29 is 14.0 Å². The van der Waals surface area contributed by atoms with Crippen molar-refractivity contribution in [3.8, 4) is 10.6 Å². The van der Waals surface area contributed by atoms with Gasteiger partial charge in [-0.1, -0.05) is 41.9 Å². The molecule has 0 aliphatic carbocycles. The fourth-order valence-electron chi connectivity index (χ4n) is 3.36. The molecule has 0 spiro atoms. The normalized spacial score (nSPS) is 10.7. The minimum atomic E-state index is -0.150. The smallest absolute Gasteiger partial charge is 0.251 e. The van der Waals surface area contributed by atoms with Crippen LogP contribution >= 0.6 is 22.9 Å². The predicted octanol–water partition coefficient (Wildman–Crippen LogP) is 5.19. The van der Waals surface area contributed by atoms with Gasteiger partial charge in [-0.2, -0.15) is 0 Å². The molecular formula is C25H22ClN3O3S. The monoisotopic (exact) mass is 479 g/mol. The lowest BCUT2D eigenvalue weighted by molar-refractivity contribution is -0.132. The summed E-state index contributed by atoms with van der Waals surface area (Å²) in [6, 6.07) is 18.4. The number of aromatic nitrogens is 1. The maximum atomic E-state index is 13.2. The van der Waals surface area contributed by atoms with E-state index in [2.05, 4.69) is 10.3 Å². The van der Waals surface area contributed by atoms with E-state index in [1.165, 1.54) is 11.3 Å². The molecule has 2 heterocycles. The fraction of sp³-hybridized carbons (Fsp3) is 0.160. The molecule has 8 heteroatoms. The SMILES string of the molecule is CNC(=O)c1ccc(CN(Cc2ccco2)C(=O)Cc2csc(-c3ccccc3Cl)n2)cc1. The highest BCUT2D eigenvalue weighted by molar-refractivity contribution is 7.13. The van der Waals surface area contributed by atoms with Crippen LogP contribution in [0.1, 0.15) is 27.4 Å². The summed E-state index contributed by atoms with van der Waals surface area (Å²) in [7, 11) is 1.59. The van der Waals surface area contributed by atoms with E-state index < -0.39 is 0 Å². The molecule has 0 bridgehead atoms. The summed E-state index contributed by atoms with van der Waals surface area (Å²) in [5, 5.41) is 5.90. The van der Waals surface area contributed by atoms with Crippen LogP contribution in [0.3, 0.4) is 0 Å². The lowest BCUT2D eigenvalue weighted by Crippen LogP contribution is -2.31. The summed E-state index contributed by atoms with van der Waals surface area (Å²) in [5.74, 6) is 0.473. The Morgan fingerprint density at radius 2 is 1.85 bits per heavy atom. The Morgan fingerprint density at radius 1 is 1.06 bits per heavy atom. The Morgan fingerprint density at radius 3 is 2.55 bits per heavy atom. The van der Waals surface area contributed by atoms with Crippen LogP contribution in [0.15, 0.2) is 76.7 Å². The lowest BCUT2D eigenvalue weighted by Gasteiger charge is -2.22. The van der Waals surface area contributed by atoms with Gasteiger partial charge in [0.05, 0.1) is 29.9 Å². The molecule has 0 atom stereocenters. The van der Waals surface area contributed by atoms with E-state index in [1.807, 2.05) is 47.8 Å². The Bertz CT molecular complexity index is 1240. The fourth-order valence-corrected chi connectivity index (χ4v) is 4.50. The topological polar surface area (TPSA) is 75.4 Å². The number of hydrogen-bond donors (Lipinski definition) is 1. The molecule has 0 saturated heterocycles. The van der Waals surface area contributed by atoms with Crippen LogP contribution in [0.2, 0.25) is 5.02 Å². The van der Waals surface area contributed by atoms with Gasteiger partial charge in [-0.3, -0.25) is 9.59 Å². The minimum absolute atomic E-state index is 0.0715. The Labute approximate surface area is 200 Å². The lowest BCUT2D eigenvalue weighted by atomic mass is 10.1. The summed E-state index contributed by atoms with van der Waals surface area (Å²) < 4.78 is 5.47. The van der Waals surface area contributed by atoms with Gasteiger partial charge in [-0.05, 0) is 35.9 Å². The van der Waals surface area contributed by atoms with Crippen LogP contribution in [0, 0.1) is 0 Å². The highest BCUT2D eigenvalue weighted by Crippen LogP contribution is 2.30. The molecule has 0 fully saturated rings. The van der Waals surface area contributed by atoms with E-state index in [1.54, 1.807) is 36.4 Å². The third kappa shape index (κ3) is 5.69. The van der Waals surface area contributed by atoms with Crippen molar-refractivity contribution in [2.45, 2.75) is 19.5 Å². The van der Waals surface area contributed by atoms with Gasteiger partial charge in [-0.15, -0.1) is 11.3 Å². The zero-order valence-electron chi connectivity index (χ0n) is 18.0. The van der Waals surface area contributed by atoms with E-state index in [9.17, 15) is 9.59 Å². The molecule has 4 aromatic rings. The number of carbonyl (C=O) groups is 2. The second-order valence-electron chi connectivity index (χ2n) is 7.41. The largest absolute Gasteiger partial charge is 0.467 e. The van der Waals surface area contributed by atoms with Crippen LogP contribution in [0.25, 0.3) is 10.6 Å². The Balaban J connectivity index is 1.50. The van der Waals surface area contributed by atoms with Crippen molar-refractivity contribution in [3.63, 3.8) is 0 Å². The van der Waals surface area contributed by atoms with E-state index in [0.29, 0.717) is 35.1 Å². The van der Waals surface area contributed by atoms with E-state index in [-0.39, 0.29) is 18.2 Å². The quantitative estimate of drug-likeness (QED) is 0.377. The highest BCUT2D eigenvalue weighted by Gasteiger charge is 2.19. The third-order valence-corrected chi connectivity index (χ3v) is 6.34. The van der Waals surface area contributed by atoms with Crippen LogP contribution < -0.4 is 5.32 Å². The van der Waals surface area contributed by atoms with Crippen molar-refractivity contribution >= 4 is 34.8 Å². The first-order chi connectivity index (χ1) is 16.0. The average Bonchev–Trinajstić information content (AvgIpc) is 3.51. The first-order valence-electron chi connectivity index (χ1n) is 10.3. The number of amides is 2. The van der Waals surface area contributed by atoms with E-state index in [4.69, 9.17) is 16.0 Å².